The van der Waals surface area contributed by atoms with E-state index in [-0.39, 0.29) is 23.0 Å². The number of ether oxygens (including phenoxy) is 2. The Morgan fingerprint density at radius 2 is 1.63 bits per heavy atom. The van der Waals surface area contributed by atoms with E-state index >= 15 is 0 Å². The van der Waals surface area contributed by atoms with Crippen LogP contribution in [-0.4, -0.2) is 19.5 Å². The fraction of sp³-hybridized carbons (Fsp3) is 0.0500. The van der Waals surface area contributed by atoms with Gasteiger partial charge in [0.05, 0.1) is 17.4 Å². The van der Waals surface area contributed by atoms with Crippen LogP contribution in [0, 0.1) is 0 Å². The van der Waals surface area contributed by atoms with Gasteiger partial charge in [0, 0.05) is 28.8 Å². The Kier molecular flexibility index (Phi) is 3.97. The van der Waals surface area contributed by atoms with Crippen LogP contribution in [0.5, 0.6) is 23.0 Å². The summed E-state index contributed by atoms with van der Waals surface area (Å²) in [5.41, 5.74) is 0.608. The van der Waals surface area contributed by atoms with Crippen LogP contribution < -0.4 is 8.92 Å². The molecule has 1 spiro atoms. The molecule has 0 saturated heterocycles. The predicted octanol–water partition coefficient (Wildman–Crippen LogP) is 3.75. The van der Waals surface area contributed by atoms with E-state index in [2.05, 4.69) is 3.74 Å². The minimum atomic E-state index is -4.47. The summed E-state index contributed by atoms with van der Waals surface area (Å²) in [6.07, 6.45) is 0. The molecule has 2 heterocycles. The van der Waals surface area contributed by atoms with Gasteiger partial charge in [0.2, 0.25) is 0 Å². The third-order valence-corrected chi connectivity index (χ3v) is 5.96. The van der Waals surface area contributed by atoms with Crippen molar-refractivity contribution in [3.05, 3.63) is 82.9 Å². The number of carbonyl (C=O) groups excluding carboxylic acids is 1. The Balaban J connectivity index is 1.77. The van der Waals surface area contributed by atoms with Crippen molar-refractivity contribution in [1.82, 2.24) is 0 Å². The van der Waals surface area contributed by atoms with Crippen LogP contribution in [0.3, 0.4) is 0 Å². The lowest BCUT2D eigenvalue weighted by atomic mass is 9.77. The molecule has 3 aromatic rings. The minimum Gasteiger partial charge on any atom is -0.508 e. The number of hydrogen-bond acceptors (Lipinski definition) is 8. The third-order valence-electron chi connectivity index (χ3n) is 4.94. The molecule has 1 atom stereocenters. The monoisotopic (exact) mass is 446 g/mol. The van der Waals surface area contributed by atoms with Gasteiger partial charge in [-0.2, -0.15) is 8.42 Å². The summed E-state index contributed by atoms with van der Waals surface area (Å²) in [7, 11) is -4.47. The highest BCUT2D eigenvalue weighted by molar-refractivity contribution is 7.82. The molecule has 0 radical (unpaired) electrons. The van der Waals surface area contributed by atoms with Crippen LogP contribution in [0.15, 0.2) is 60.7 Å². The Labute approximate surface area is 175 Å². The highest BCUT2D eigenvalue weighted by Gasteiger charge is 2.53. The molecule has 10 heteroatoms. The average Bonchev–Trinajstić information content (AvgIpc) is 3.01. The summed E-state index contributed by atoms with van der Waals surface area (Å²) in [6, 6.07) is 15.6. The number of aromatic hydroxyl groups is 1. The molecule has 3 aromatic carbocycles. The first-order valence-electron chi connectivity index (χ1n) is 8.57. The molecule has 1 unspecified atom stereocenters. The van der Waals surface area contributed by atoms with Gasteiger partial charge < -0.3 is 18.8 Å². The van der Waals surface area contributed by atoms with E-state index < -0.39 is 22.0 Å². The number of phenols is 1. The maximum atomic E-state index is 12.7. The zero-order valence-corrected chi connectivity index (χ0v) is 16.4. The highest BCUT2D eigenvalue weighted by atomic mass is 35.5. The molecule has 30 heavy (non-hydrogen) atoms. The average molecular weight is 447 g/mol. The molecule has 8 nitrogen and oxygen atoms in total. The lowest BCUT2D eigenvalue weighted by Gasteiger charge is -2.36. The van der Waals surface area contributed by atoms with Crippen LogP contribution >= 0.6 is 11.9 Å². The van der Waals surface area contributed by atoms with Gasteiger partial charge in [-0.15, -0.1) is 3.74 Å². The molecule has 0 aliphatic carbocycles. The van der Waals surface area contributed by atoms with Crippen molar-refractivity contribution < 1.29 is 35.7 Å². The molecule has 0 bridgehead atoms. The van der Waals surface area contributed by atoms with Gasteiger partial charge in [0.15, 0.2) is 5.60 Å². The minimum absolute atomic E-state index is 0.0597. The number of fused-ring (bicyclic) bond motifs is 6. The highest BCUT2D eigenvalue weighted by Crippen LogP contribution is 2.56. The lowest BCUT2D eigenvalue weighted by Crippen LogP contribution is -2.33. The zero-order valence-electron chi connectivity index (χ0n) is 14.9. The zero-order chi connectivity index (χ0) is 21.1. The summed E-state index contributed by atoms with van der Waals surface area (Å²) < 4.78 is 43.4. The summed E-state index contributed by atoms with van der Waals surface area (Å²) in [4.78, 5) is 12.7. The molecule has 0 aromatic heterocycles. The lowest BCUT2D eigenvalue weighted by molar-refractivity contribution is 0.0224. The fourth-order valence-corrected chi connectivity index (χ4v) is 4.27. The van der Waals surface area contributed by atoms with Crippen molar-refractivity contribution in [2.24, 2.45) is 0 Å². The SMILES string of the molecule is O=C1OC2(c3ccc(O)cc3Oc3cc(OS(=O)(=O)OCl)ccc32)c2ccccc21. The van der Waals surface area contributed by atoms with Gasteiger partial charge in [-0.05, 0) is 30.3 Å². The molecule has 152 valence electrons. The largest absolute Gasteiger partial charge is 0.508 e. The number of hydrogen-bond donors (Lipinski definition) is 1. The van der Waals surface area contributed by atoms with Gasteiger partial charge in [-0.25, -0.2) is 4.79 Å². The third kappa shape index (κ3) is 2.63. The second-order valence-electron chi connectivity index (χ2n) is 6.61. The van der Waals surface area contributed by atoms with Crippen LogP contribution in [0.4, 0.5) is 0 Å². The van der Waals surface area contributed by atoms with E-state index in [9.17, 15) is 18.3 Å². The molecule has 1 N–H and O–H groups in total. The van der Waals surface area contributed by atoms with Crippen LogP contribution in [0.1, 0.15) is 27.0 Å². The maximum absolute atomic E-state index is 12.7. The molecular formula is C20H11ClO8S. The second-order valence-corrected chi connectivity index (χ2v) is 8.10. The van der Waals surface area contributed by atoms with E-state index in [1.54, 1.807) is 30.3 Å². The van der Waals surface area contributed by atoms with Crippen LogP contribution in [0.2, 0.25) is 0 Å². The van der Waals surface area contributed by atoms with Crippen molar-refractivity contribution in [3.63, 3.8) is 0 Å². The van der Waals surface area contributed by atoms with Gasteiger partial charge in [0.25, 0.3) is 0 Å². The van der Waals surface area contributed by atoms with Crippen molar-refractivity contribution in [2.45, 2.75) is 5.60 Å². The molecule has 0 fully saturated rings. The Hall–Kier alpha value is -3.27. The van der Waals surface area contributed by atoms with E-state index in [4.69, 9.17) is 25.5 Å². The van der Waals surface area contributed by atoms with Gasteiger partial charge in [-0.3, -0.25) is 0 Å². The second kappa shape index (κ2) is 6.36. The van der Waals surface area contributed by atoms with E-state index in [0.29, 0.717) is 22.3 Å². The van der Waals surface area contributed by atoms with Crippen LogP contribution in [-0.2, 0) is 24.5 Å². The summed E-state index contributed by atoms with van der Waals surface area (Å²) >= 11 is 4.91. The molecule has 0 saturated carbocycles. The van der Waals surface area contributed by atoms with E-state index in [0.717, 1.165) is 0 Å². The Morgan fingerprint density at radius 3 is 2.40 bits per heavy atom. The standard InChI is InChI=1S/C20H11ClO8S/c21-29-30(24,25)28-12-6-8-16-18(10-12)26-17-9-11(22)5-7-15(17)20(16)14-4-2-1-3-13(14)19(23)27-20/h1-10,22H. The quantitative estimate of drug-likeness (QED) is 0.606. The molecule has 5 rings (SSSR count). The van der Waals surface area contributed by atoms with Gasteiger partial charge in [0.1, 0.15) is 23.0 Å². The first-order valence-corrected chi connectivity index (χ1v) is 10.2. The summed E-state index contributed by atoms with van der Waals surface area (Å²) in [6.45, 7) is 0. The fourth-order valence-electron chi connectivity index (χ4n) is 3.83. The predicted molar refractivity (Wildman–Crippen MR) is 103 cm³/mol. The van der Waals surface area contributed by atoms with Crippen molar-refractivity contribution >= 4 is 28.2 Å². The molecule has 2 aliphatic rings. The Bertz CT molecular complexity index is 1320. The number of phenolic OH excluding ortho intramolecular Hbond substituents is 1. The first-order chi connectivity index (χ1) is 14.3. The topological polar surface area (TPSA) is 108 Å². The summed E-state index contributed by atoms with van der Waals surface area (Å²) in [5.74, 6) is -0.308. The first kappa shape index (κ1) is 18.7. The van der Waals surface area contributed by atoms with E-state index in [1.165, 1.54) is 30.3 Å². The van der Waals surface area contributed by atoms with Crippen molar-refractivity contribution in [3.8, 4) is 23.0 Å². The number of benzene rings is 3. The number of rotatable bonds is 3. The molecular weight excluding hydrogens is 436 g/mol. The van der Waals surface area contributed by atoms with Crippen molar-refractivity contribution in [2.75, 3.05) is 0 Å². The summed E-state index contributed by atoms with van der Waals surface area (Å²) in [5, 5.41) is 9.93. The normalized spacial score (nSPS) is 18.8. The van der Waals surface area contributed by atoms with Gasteiger partial charge in [-0.1, -0.05) is 18.2 Å². The van der Waals surface area contributed by atoms with Crippen molar-refractivity contribution in [1.29, 1.82) is 0 Å². The number of esters is 1. The maximum Gasteiger partial charge on any atom is 0.465 e. The number of carbonyl (C=O) groups is 1. The van der Waals surface area contributed by atoms with Crippen LogP contribution in [0.25, 0.3) is 0 Å². The molecule has 0 amide bonds. The number of halogens is 1. The smallest absolute Gasteiger partial charge is 0.465 e. The van der Waals surface area contributed by atoms with E-state index in [1.807, 2.05) is 0 Å². The molecule has 2 aliphatic heterocycles. The Morgan fingerprint density at radius 1 is 0.933 bits per heavy atom. The van der Waals surface area contributed by atoms with Gasteiger partial charge >= 0.3 is 16.4 Å².